The molecule has 2 nitrogen and oxygen atoms in total. The van der Waals surface area contributed by atoms with Crippen molar-refractivity contribution in [3.63, 3.8) is 0 Å². The third kappa shape index (κ3) is 2.69. The lowest BCUT2D eigenvalue weighted by molar-refractivity contribution is 0.0678. The average Bonchev–Trinajstić information content (AvgIpc) is 2.73. The fourth-order valence-electron chi connectivity index (χ4n) is 1.63. The van der Waals surface area contributed by atoms with Crippen LogP contribution in [0.1, 0.15) is 18.4 Å². The Bertz CT molecular complexity index is 332. The number of halogens is 1. The second kappa shape index (κ2) is 4.62. The maximum atomic E-state index is 13.2. The molecule has 82 valence electrons. The van der Waals surface area contributed by atoms with Crippen molar-refractivity contribution in [3.8, 4) is 5.75 Å². The summed E-state index contributed by atoms with van der Waals surface area (Å²) in [6.45, 7) is 3.07. The topological polar surface area (TPSA) is 18.5 Å². The lowest BCUT2D eigenvalue weighted by Gasteiger charge is -2.11. The van der Waals surface area contributed by atoms with Crippen molar-refractivity contribution in [1.29, 1.82) is 0 Å². The predicted octanol–water partition coefficient (Wildman–Crippen LogP) is 2.69. The van der Waals surface area contributed by atoms with Crippen molar-refractivity contribution in [2.24, 2.45) is 0 Å². The minimum Gasteiger partial charge on any atom is -0.491 e. The van der Waals surface area contributed by atoms with E-state index in [1.165, 1.54) is 6.07 Å². The summed E-state index contributed by atoms with van der Waals surface area (Å²) in [6, 6.07) is 4.93. The van der Waals surface area contributed by atoms with Crippen LogP contribution in [0, 0.1) is 12.7 Å². The van der Waals surface area contributed by atoms with E-state index in [1.54, 1.807) is 19.1 Å². The third-order valence-corrected chi connectivity index (χ3v) is 2.60. The molecule has 0 N–H and O–H groups in total. The summed E-state index contributed by atoms with van der Waals surface area (Å²) in [5, 5.41) is 0. The molecule has 0 bridgehead atoms. The number of aryl methyl sites for hydroxylation is 1. The fraction of sp³-hybridized carbons (Fsp3) is 0.500. The molecule has 0 amide bonds. The number of hydrogen-bond acceptors (Lipinski definition) is 2. The van der Waals surface area contributed by atoms with Crippen molar-refractivity contribution in [2.45, 2.75) is 25.9 Å². The Morgan fingerprint density at radius 2 is 2.40 bits per heavy atom. The third-order valence-electron chi connectivity index (χ3n) is 2.60. The van der Waals surface area contributed by atoms with E-state index in [1.807, 2.05) is 0 Å². The van der Waals surface area contributed by atoms with Crippen molar-refractivity contribution in [3.05, 3.63) is 29.6 Å². The molecular weight excluding hydrogens is 195 g/mol. The van der Waals surface area contributed by atoms with Crippen LogP contribution in [0.5, 0.6) is 5.75 Å². The molecule has 0 saturated carbocycles. The fourth-order valence-corrected chi connectivity index (χ4v) is 1.63. The first-order valence-corrected chi connectivity index (χ1v) is 5.26. The van der Waals surface area contributed by atoms with E-state index in [-0.39, 0.29) is 11.9 Å². The minimum absolute atomic E-state index is 0.175. The predicted molar refractivity (Wildman–Crippen MR) is 55.6 cm³/mol. The second-order valence-corrected chi connectivity index (χ2v) is 3.86. The standard InChI is InChI=1S/C12H15FO2/c1-9-4-5-10(7-12(9)13)15-8-11-3-2-6-14-11/h4-5,7,11H,2-3,6,8H2,1H3/t11-/m1/s1. The zero-order valence-corrected chi connectivity index (χ0v) is 8.83. The van der Waals surface area contributed by atoms with Crippen molar-refractivity contribution in [1.82, 2.24) is 0 Å². The van der Waals surface area contributed by atoms with Crippen LogP contribution < -0.4 is 4.74 Å². The van der Waals surface area contributed by atoms with Gasteiger partial charge in [0.25, 0.3) is 0 Å². The SMILES string of the molecule is Cc1ccc(OC[C@H]2CCCO2)cc1F. The normalized spacial score (nSPS) is 20.5. The Morgan fingerprint density at radius 1 is 1.53 bits per heavy atom. The van der Waals surface area contributed by atoms with Crippen molar-refractivity contribution in [2.75, 3.05) is 13.2 Å². The molecule has 0 radical (unpaired) electrons. The van der Waals surface area contributed by atoms with Gasteiger partial charge in [-0.05, 0) is 31.4 Å². The van der Waals surface area contributed by atoms with Gasteiger partial charge in [0.2, 0.25) is 0 Å². The molecular formula is C12H15FO2. The number of benzene rings is 1. The van der Waals surface area contributed by atoms with Gasteiger partial charge < -0.3 is 9.47 Å². The summed E-state index contributed by atoms with van der Waals surface area (Å²) >= 11 is 0. The maximum absolute atomic E-state index is 13.2. The van der Waals surface area contributed by atoms with Crippen molar-refractivity contribution < 1.29 is 13.9 Å². The number of ether oxygens (including phenoxy) is 2. The van der Waals surface area contributed by atoms with E-state index in [9.17, 15) is 4.39 Å². The van der Waals surface area contributed by atoms with Gasteiger partial charge in [0.15, 0.2) is 0 Å². The van der Waals surface area contributed by atoms with Gasteiger partial charge in [-0.2, -0.15) is 0 Å². The van der Waals surface area contributed by atoms with Gasteiger partial charge in [0.05, 0.1) is 6.10 Å². The van der Waals surface area contributed by atoms with E-state index < -0.39 is 0 Å². The van der Waals surface area contributed by atoms with E-state index in [0.29, 0.717) is 17.9 Å². The molecule has 1 aliphatic heterocycles. The number of hydrogen-bond donors (Lipinski definition) is 0. The second-order valence-electron chi connectivity index (χ2n) is 3.86. The molecule has 1 aromatic rings. The van der Waals surface area contributed by atoms with Crippen LogP contribution in [0.25, 0.3) is 0 Å². The summed E-state index contributed by atoms with van der Waals surface area (Å²) in [5.41, 5.74) is 0.638. The Hall–Kier alpha value is -1.09. The molecule has 0 unspecified atom stereocenters. The molecule has 0 spiro atoms. The highest BCUT2D eigenvalue weighted by atomic mass is 19.1. The quantitative estimate of drug-likeness (QED) is 0.763. The molecule has 0 aliphatic carbocycles. The summed E-state index contributed by atoms with van der Waals surface area (Å²) in [4.78, 5) is 0. The molecule has 15 heavy (non-hydrogen) atoms. The summed E-state index contributed by atoms with van der Waals surface area (Å²) in [7, 11) is 0. The van der Waals surface area contributed by atoms with Crippen LogP contribution in [-0.4, -0.2) is 19.3 Å². The van der Waals surface area contributed by atoms with Crippen LogP contribution in [0.15, 0.2) is 18.2 Å². The highest BCUT2D eigenvalue weighted by molar-refractivity contribution is 5.27. The monoisotopic (exact) mass is 210 g/mol. The smallest absolute Gasteiger partial charge is 0.129 e. The zero-order valence-electron chi connectivity index (χ0n) is 8.83. The highest BCUT2D eigenvalue weighted by Gasteiger charge is 2.16. The van der Waals surface area contributed by atoms with Gasteiger partial charge >= 0.3 is 0 Å². The Morgan fingerprint density at radius 3 is 3.07 bits per heavy atom. The molecule has 1 saturated heterocycles. The van der Waals surface area contributed by atoms with Crippen LogP contribution >= 0.6 is 0 Å². The van der Waals surface area contributed by atoms with Gasteiger partial charge in [-0.3, -0.25) is 0 Å². The first-order chi connectivity index (χ1) is 7.25. The Balaban J connectivity index is 1.90. The molecule has 0 aromatic heterocycles. The molecule has 3 heteroatoms. The minimum atomic E-state index is -0.222. The van der Waals surface area contributed by atoms with Crippen molar-refractivity contribution >= 4 is 0 Å². The molecule has 1 fully saturated rings. The molecule has 1 aliphatic rings. The lowest BCUT2D eigenvalue weighted by atomic mass is 10.2. The van der Waals surface area contributed by atoms with E-state index in [0.717, 1.165) is 19.4 Å². The van der Waals surface area contributed by atoms with Crippen LogP contribution in [0.3, 0.4) is 0 Å². The van der Waals surface area contributed by atoms with Gasteiger partial charge in [-0.15, -0.1) is 0 Å². The van der Waals surface area contributed by atoms with Gasteiger partial charge in [0, 0.05) is 12.7 Å². The first kappa shape index (κ1) is 10.4. The van der Waals surface area contributed by atoms with Gasteiger partial charge in [-0.25, -0.2) is 4.39 Å². The molecule has 1 aromatic carbocycles. The number of rotatable bonds is 3. The highest BCUT2D eigenvalue weighted by Crippen LogP contribution is 2.18. The van der Waals surface area contributed by atoms with Gasteiger partial charge in [-0.1, -0.05) is 6.07 Å². The maximum Gasteiger partial charge on any atom is 0.129 e. The summed E-state index contributed by atoms with van der Waals surface area (Å²) in [5.74, 6) is 0.355. The first-order valence-electron chi connectivity index (χ1n) is 5.26. The average molecular weight is 210 g/mol. The van der Waals surface area contributed by atoms with E-state index in [2.05, 4.69) is 0 Å². The largest absolute Gasteiger partial charge is 0.491 e. The summed E-state index contributed by atoms with van der Waals surface area (Å²) in [6.07, 6.45) is 2.30. The van der Waals surface area contributed by atoms with E-state index in [4.69, 9.17) is 9.47 Å². The summed E-state index contributed by atoms with van der Waals surface area (Å²) < 4.78 is 24.0. The van der Waals surface area contributed by atoms with Crippen LogP contribution in [0.2, 0.25) is 0 Å². The molecule has 2 rings (SSSR count). The van der Waals surface area contributed by atoms with E-state index >= 15 is 0 Å². The Labute approximate surface area is 89.0 Å². The van der Waals surface area contributed by atoms with Gasteiger partial charge in [0.1, 0.15) is 18.2 Å². The van der Waals surface area contributed by atoms with Crippen LogP contribution in [0.4, 0.5) is 4.39 Å². The lowest BCUT2D eigenvalue weighted by Crippen LogP contribution is -2.16. The molecule has 1 heterocycles. The Kier molecular flexibility index (Phi) is 3.21. The molecule has 1 atom stereocenters. The zero-order chi connectivity index (χ0) is 10.7. The van der Waals surface area contributed by atoms with Crippen LogP contribution in [-0.2, 0) is 4.74 Å².